The summed E-state index contributed by atoms with van der Waals surface area (Å²) in [6, 6.07) is 6.00. The molecule has 0 spiro atoms. The molecule has 0 aromatic heterocycles. The van der Waals surface area contributed by atoms with Crippen LogP contribution in [0.15, 0.2) is 18.2 Å². The fourth-order valence-corrected chi connectivity index (χ4v) is 2.42. The summed E-state index contributed by atoms with van der Waals surface area (Å²) in [5.74, 6) is 1.72. The predicted octanol–water partition coefficient (Wildman–Crippen LogP) is 2.08. The van der Waals surface area contributed by atoms with Crippen molar-refractivity contribution in [2.75, 3.05) is 20.8 Å². The Kier molecular flexibility index (Phi) is 3.06. The maximum Gasteiger partial charge on any atom is 0.126 e. The Morgan fingerprint density at radius 2 is 2.00 bits per heavy atom. The standard InChI is InChI=1S/C13H19NO2/c1-15-10-4-5-11(12(8-10)16-2)13(9-14)6-3-7-13/h4-5,8H,3,6-7,9,14H2,1-2H3. The number of ether oxygens (including phenoxy) is 2. The van der Waals surface area contributed by atoms with Gasteiger partial charge in [0, 0.05) is 23.6 Å². The van der Waals surface area contributed by atoms with Crippen molar-refractivity contribution in [1.29, 1.82) is 0 Å². The molecule has 1 fully saturated rings. The van der Waals surface area contributed by atoms with Gasteiger partial charge in [0.25, 0.3) is 0 Å². The Balaban J connectivity index is 2.39. The molecule has 2 N–H and O–H groups in total. The first-order valence-electron chi connectivity index (χ1n) is 5.68. The highest BCUT2D eigenvalue weighted by molar-refractivity contribution is 5.46. The normalized spacial score (nSPS) is 17.7. The summed E-state index contributed by atoms with van der Waals surface area (Å²) >= 11 is 0. The van der Waals surface area contributed by atoms with E-state index < -0.39 is 0 Å². The number of benzene rings is 1. The summed E-state index contributed by atoms with van der Waals surface area (Å²) in [5.41, 5.74) is 7.27. The molecule has 2 rings (SSSR count). The minimum Gasteiger partial charge on any atom is -0.497 e. The second-order valence-corrected chi connectivity index (χ2v) is 4.40. The molecule has 0 radical (unpaired) electrons. The summed E-state index contributed by atoms with van der Waals surface area (Å²) in [7, 11) is 3.36. The van der Waals surface area contributed by atoms with E-state index in [2.05, 4.69) is 6.07 Å². The van der Waals surface area contributed by atoms with Gasteiger partial charge in [0.1, 0.15) is 11.5 Å². The van der Waals surface area contributed by atoms with Crippen LogP contribution < -0.4 is 15.2 Å². The van der Waals surface area contributed by atoms with E-state index in [1.807, 2.05) is 12.1 Å². The minimum absolute atomic E-state index is 0.137. The minimum atomic E-state index is 0.137. The van der Waals surface area contributed by atoms with Crippen LogP contribution in [0.1, 0.15) is 24.8 Å². The van der Waals surface area contributed by atoms with E-state index in [9.17, 15) is 0 Å². The molecular formula is C13H19NO2. The topological polar surface area (TPSA) is 44.5 Å². The number of hydrogen-bond donors (Lipinski definition) is 1. The molecule has 0 atom stereocenters. The Bertz CT molecular complexity index is 367. The second-order valence-electron chi connectivity index (χ2n) is 4.40. The van der Waals surface area contributed by atoms with Crippen LogP contribution in [0, 0.1) is 0 Å². The number of nitrogens with two attached hydrogens (primary N) is 1. The van der Waals surface area contributed by atoms with Gasteiger partial charge in [0.2, 0.25) is 0 Å². The molecule has 0 heterocycles. The van der Waals surface area contributed by atoms with E-state index in [1.54, 1.807) is 14.2 Å². The highest BCUT2D eigenvalue weighted by atomic mass is 16.5. The van der Waals surface area contributed by atoms with Crippen molar-refractivity contribution in [1.82, 2.24) is 0 Å². The van der Waals surface area contributed by atoms with Crippen molar-refractivity contribution < 1.29 is 9.47 Å². The van der Waals surface area contributed by atoms with Crippen LogP contribution in [-0.4, -0.2) is 20.8 Å². The number of rotatable bonds is 4. The average molecular weight is 221 g/mol. The molecule has 1 aliphatic carbocycles. The lowest BCUT2D eigenvalue weighted by atomic mass is 9.64. The largest absolute Gasteiger partial charge is 0.497 e. The molecule has 0 saturated heterocycles. The third-order valence-corrected chi connectivity index (χ3v) is 3.68. The molecule has 0 unspecified atom stereocenters. The fraction of sp³-hybridized carbons (Fsp3) is 0.538. The monoisotopic (exact) mass is 221 g/mol. The summed E-state index contributed by atoms with van der Waals surface area (Å²) in [5, 5.41) is 0. The van der Waals surface area contributed by atoms with Crippen LogP contribution in [-0.2, 0) is 5.41 Å². The molecule has 3 nitrogen and oxygen atoms in total. The second kappa shape index (κ2) is 4.34. The van der Waals surface area contributed by atoms with Crippen molar-refractivity contribution in [2.24, 2.45) is 5.73 Å². The van der Waals surface area contributed by atoms with E-state index in [-0.39, 0.29) is 5.41 Å². The molecule has 3 heteroatoms. The van der Waals surface area contributed by atoms with Gasteiger partial charge in [-0.15, -0.1) is 0 Å². The van der Waals surface area contributed by atoms with E-state index >= 15 is 0 Å². The van der Waals surface area contributed by atoms with Crippen molar-refractivity contribution in [3.8, 4) is 11.5 Å². The first-order valence-corrected chi connectivity index (χ1v) is 5.68. The fourth-order valence-electron chi connectivity index (χ4n) is 2.42. The van der Waals surface area contributed by atoms with Gasteiger partial charge in [-0.05, 0) is 18.9 Å². The van der Waals surface area contributed by atoms with Crippen molar-refractivity contribution in [3.05, 3.63) is 23.8 Å². The Labute approximate surface area is 96.5 Å². The van der Waals surface area contributed by atoms with Crippen LogP contribution in [0.25, 0.3) is 0 Å². The third kappa shape index (κ3) is 1.65. The van der Waals surface area contributed by atoms with E-state index in [0.717, 1.165) is 24.3 Å². The maximum atomic E-state index is 5.91. The summed E-state index contributed by atoms with van der Waals surface area (Å²) in [6.45, 7) is 0.690. The molecule has 88 valence electrons. The Morgan fingerprint density at radius 1 is 1.25 bits per heavy atom. The number of hydrogen-bond acceptors (Lipinski definition) is 3. The molecule has 1 saturated carbocycles. The molecule has 0 amide bonds. The van der Waals surface area contributed by atoms with Gasteiger partial charge in [-0.3, -0.25) is 0 Å². The molecule has 0 aliphatic heterocycles. The zero-order valence-corrected chi connectivity index (χ0v) is 9.95. The van der Waals surface area contributed by atoms with Crippen LogP contribution in [0.5, 0.6) is 11.5 Å². The first kappa shape index (κ1) is 11.3. The van der Waals surface area contributed by atoms with E-state index in [0.29, 0.717) is 6.54 Å². The van der Waals surface area contributed by atoms with Crippen molar-refractivity contribution in [3.63, 3.8) is 0 Å². The lowest BCUT2D eigenvalue weighted by molar-refractivity contribution is 0.243. The maximum absolute atomic E-state index is 5.91. The van der Waals surface area contributed by atoms with Gasteiger partial charge in [-0.2, -0.15) is 0 Å². The van der Waals surface area contributed by atoms with E-state index in [1.165, 1.54) is 12.0 Å². The average Bonchev–Trinajstić information content (AvgIpc) is 2.28. The molecule has 1 aromatic rings. The van der Waals surface area contributed by atoms with Crippen LogP contribution in [0.2, 0.25) is 0 Å². The molecule has 1 aromatic carbocycles. The van der Waals surface area contributed by atoms with Crippen molar-refractivity contribution >= 4 is 0 Å². The van der Waals surface area contributed by atoms with Gasteiger partial charge in [0.05, 0.1) is 14.2 Å². The summed E-state index contributed by atoms with van der Waals surface area (Å²) in [4.78, 5) is 0. The Hall–Kier alpha value is -1.22. The van der Waals surface area contributed by atoms with Crippen LogP contribution in [0.3, 0.4) is 0 Å². The SMILES string of the molecule is COc1ccc(C2(CN)CCC2)c(OC)c1. The number of methoxy groups -OCH3 is 2. The van der Waals surface area contributed by atoms with Gasteiger partial charge in [-0.25, -0.2) is 0 Å². The lowest BCUT2D eigenvalue weighted by Crippen LogP contribution is -2.41. The molecule has 1 aliphatic rings. The highest BCUT2D eigenvalue weighted by Crippen LogP contribution is 2.47. The first-order chi connectivity index (χ1) is 7.75. The lowest BCUT2D eigenvalue weighted by Gasteiger charge is -2.42. The third-order valence-electron chi connectivity index (χ3n) is 3.68. The summed E-state index contributed by atoms with van der Waals surface area (Å²) < 4.78 is 10.6. The zero-order chi connectivity index (χ0) is 11.6. The Morgan fingerprint density at radius 3 is 2.44 bits per heavy atom. The van der Waals surface area contributed by atoms with Gasteiger partial charge in [0.15, 0.2) is 0 Å². The van der Waals surface area contributed by atoms with Crippen LogP contribution in [0.4, 0.5) is 0 Å². The molecule has 16 heavy (non-hydrogen) atoms. The quantitative estimate of drug-likeness (QED) is 0.846. The summed E-state index contributed by atoms with van der Waals surface area (Å²) in [6.07, 6.45) is 3.57. The molecular weight excluding hydrogens is 202 g/mol. The van der Waals surface area contributed by atoms with Crippen molar-refractivity contribution in [2.45, 2.75) is 24.7 Å². The van der Waals surface area contributed by atoms with Gasteiger partial charge < -0.3 is 15.2 Å². The highest BCUT2D eigenvalue weighted by Gasteiger charge is 2.39. The molecule has 0 bridgehead atoms. The van der Waals surface area contributed by atoms with E-state index in [4.69, 9.17) is 15.2 Å². The van der Waals surface area contributed by atoms with Gasteiger partial charge >= 0.3 is 0 Å². The predicted molar refractivity (Wildman–Crippen MR) is 64.1 cm³/mol. The van der Waals surface area contributed by atoms with Crippen LogP contribution >= 0.6 is 0 Å². The smallest absolute Gasteiger partial charge is 0.126 e. The van der Waals surface area contributed by atoms with Gasteiger partial charge in [-0.1, -0.05) is 12.5 Å². The zero-order valence-electron chi connectivity index (χ0n) is 9.95.